The van der Waals surface area contributed by atoms with E-state index in [2.05, 4.69) is 5.32 Å². The van der Waals surface area contributed by atoms with Crippen molar-refractivity contribution in [3.8, 4) is 0 Å². The molecule has 0 saturated carbocycles. The van der Waals surface area contributed by atoms with E-state index in [1.165, 1.54) is 0 Å². The Morgan fingerprint density at radius 3 is 2.50 bits per heavy atom. The highest BCUT2D eigenvalue weighted by Gasteiger charge is 2.08. The maximum Gasteiger partial charge on any atom is 0.246 e. The lowest BCUT2D eigenvalue weighted by Crippen LogP contribution is -2.31. The zero-order valence-corrected chi connectivity index (χ0v) is 10.2. The van der Waals surface area contributed by atoms with Gasteiger partial charge in [-0.15, -0.1) is 0 Å². The van der Waals surface area contributed by atoms with Crippen LogP contribution < -0.4 is 5.32 Å². The van der Waals surface area contributed by atoms with Gasteiger partial charge in [0.2, 0.25) is 5.91 Å². The van der Waals surface area contributed by atoms with E-state index in [1.807, 2.05) is 6.92 Å². The number of carbonyl (C=O) groups excluding carboxylic acids is 2. The van der Waals surface area contributed by atoms with Gasteiger partial charge in [0.05, 0.1) is 6.61 Å². The van der Waals surface area contributed by atoms with Crippen molar-refractivity contribution >= 4 is 11.7 Å². The van der Waals surface area contributed by atoms with Crippen LogP contribution in [0.5, 0.6) is 0 Å². The highest BCUT2D eigenvalue weighted by Crippen LogP contribution is 1.94. The largest absolute Gasteiger partial charge is 0.380 e. The summed E-state index contributed by atoms with van der Waals surface area (Å²) in [7, 11) is 0. The van der Waals surface area contributed by atoms with Crippen molar-refractivity contribution < 1.29 is 20.5 Å². The highest BCUT2D eigenvalue weighted by atomic mass is 16.5. The van der Waals surface area contributed by atoms with Crippen LogP contribution in [0.4, 0.5) is 0 Å². The predicted molar refractivity (Wildman–Crippen MR) is 62.3 cm³/mol. The van der Waals surface area contributed by atoms with Crippen LogP contribution in [0.25, 0.3) is 0 Å². The fourth-order valence-electron chi connectivity index (χ4n) is 0.869. The normalized spacial score (nSPS) is 10.5. The van der Waals surface area contributed by atoms with Crippen molar-refractivity contribution in [1.29, 1.82) is 0 Å². The van der Waals surface area contributed by atoms with Crippen LogP contribution in [0.2, 0.25) is 0 Å². The number of amides is 1. The second-order valence-electron chi connectivity index (χ2n) is 3.66. The van der Waals surface area contributed by atoms with Gasteiger partial charge in [-0.1, -0.05) is 13.8 Å². The van der Waals surface area contributed by atoms with Crippen LogP contribution in [0.15, 0.2) is 0 Å². The number of carbonyl (C=O) groups is 2. The molecule has 0 aromatic carbocycles. The van der Waals surface area contributed by atoms with E-state index >= 15 is 0 Å². The average Bonchev–Trinajstić information content (AvgIpc) is 2.24. The Bertz CT molecular complexity index is 222. The Kier molecular flexibility index (Phi) is 8.75. The van der Waals surface area contributed by atoms with Crippen molar-refractivity contribution in [2.45, 2.75) is 20.8 Å². The molecule has 0 bridgehead atoms. The molecule has 0 aliphatic rings. The summed E-state index contributed by atoms with van der Waals surface area (Å²) in [6, 6.07) is 0. The lowest BCUT2D eigenvalue weighted by molar-refractivity contribution is -0.131. The van der Waals surface area contributed by atoms with Crippen LogP contribution in [-0.4, -0.2) is 44.7 Å². The molecule has 0 radical (unpaired) electrons. The number of nitrogens with one attached hydrogen (secondary N) is 1. The third-order valence-electron chi connectivity index (χ3n) is 1.89. The second kappa shape index (κ2) is 9.30. The first kappa shape index (κ1) is 15.1. The van der Waals surface area contributed by atoms with E-state index in [9.17, 15) is 9.59 Å². The molecule has 0 rings (SSSR count). The average molecular weight is 233 g/mol. The summed E-state index contributed by atoms with van der Waals surface area (Å²) in [6.07, 6.45) is 0. The smallest absolute Gasteiger partial charge is 0.246 e. The molecule has 5 heteroatoms. The zero-order chi connectivity index (χ0) is 12.4. The second-order valence-corrected chi connectivity index (χ2v) is 3.66. The summed E-state index contributed by atoms with van der Waals surface area (Å²) >= 11 is 0. The van der Waals surface area contributed by atoms with Gasteiger partial charge in [-0.2, -0.15) is 0 Å². The summed E-state index contributed by atoms with van der Waals surface area (Å²) in [6.45, 7) is 7.00. The molecule has 1 N–H and O–H groups in total. The molecule has 0 aromatic rings. The van der Waals surface area contributed by atoms with E-state index in [0.29, 0.717) is 19.8 Å². The monoisotopic (exact) mass is 233 g/mol. The van der Waals surface area contributed by atoms with Gasteiger partial charge >= 0.3 is 0 Å². The van der Waals surface area contributed by atoms with Crippen LogP contribution in [0.1, 0.15) is 22.2 Å². The topological polar surface area (TPSA) is 64.6 Å². The highest BCUT2D eigenvalue weighted by molar-refractivity contribution is 5.82. The molecular formula is C11H23NO4. The maximum atomic E-state index is 11.2. The van der Waals surface area contributed by atoms with Gasteiger partial charge in [-0.25, -0.2) is 0 Å². The number of ketones is 1. The molecule has 0 atom stereocenters. The lowest BCUT2D eigenvalue weighted by Gasteiger charge is -2.07. The molecule has 0 heterocycles. The number of rotatable bonds is 9. The lowest BCUT2D eigenvalue weighted by atomic mass is 10.1. The van der Waals surface area contributed by atoms with Gasteiger partial charge in [0, 0.05) is 20.5 Å². The van der Waals surface area contributed by atoms with Crippen LogP contribution in [0.3, 0.4) is 0 Å². The fourth-order valence-corrected chi connectivity index (χ4v) is 0.869. The van der Waals surface area contributed by atoms with Gasteiger partial charge in [0.25, 0.3) is 0 Å². The van der Waals surface area contributed by atoms with Gasteiger partial charge in [-0.3, -0.25) is 9.59 Å². The van der Waals surface area contributed by atoms with Crippen molar-refractivity contribution in [3.05, 3.63) is 0 Å². The SMILES string of the molecule is CCOCCNC(=O)COCC(=O)C(C)C.[HH]. The molecule has 0 aliphatic carbocycles. The number of hydrogen-bond donors (Lipinski definition) is 1. The molecule has 0 aromatic heterocycles. The standard InChI is InChI=1S/C11H21NO4.H2/c1-4-15-6-5-12-11(14)8-16-7-10(13)9(2)3;/h9H,4-8H2,1-3H3,(H,12,14);1H. The first-order chi connectivity index (χ1) is 7.57. The molecular weight excluding hydrogens is 210 g/mol. The summed E-state index contributed by atoms with van der Waals surface area (Å²) in [5, 5.41) is 2.62. The van der Waals surface area contributed by atoms with Crippen LogP contribution in [-0.2, 0) is 19.1 Å². The first-order valence-electron chi connectivity index (χ1n) is 5.52. The number of hydrogen-bond acceptors (Lipinski definition) is 4. The van der Waals surface area contributed by atoms with Crippen LogP contribution in [0, 0.1) is 5.92 Å². The van der Waals surface area contributed by atoms with Gasteiger partial charge < -0.3 is 14.8 Å². The Morgan fingerprint density at radius 2 is 1.94 bits per heavy atom. The molecule has 16 heavy (non-hydrogen) atoms. The minimum Gasteiger partial charge on any atom is -0.380 e. The van der Waals surface area contributed by atoms with Gasteiger partial charge in [-0.05, 0) is 6.92 Å². The Labute approximate surface area is 98.0 Å². The van der Waals surface area contributed by atoms with Crippen molar-refractivity contribution in [2.75, 3.05) is 33.0 Å². The predicted octanol–water partition coefficient (Wildman–Crippen LogP) is 0.627. The Balaban J connectivity index is 0. The fraction of sp³-hybridized carbons (Fsp3) is 0.818. The van der Waals surface area contributed by atoms with Crippen molar-refractivity contribution in [3.63, 3.8) is 0 Å². The van der Waals surface area contributed by atoms with E-state index in [4.69, 9.17) is 9.47 Å². The summed E-state index contributed by atoms with van der Waals surface area (Å²) in [5.74, 6) is -0.278. The van der Waals surface area contributed by atoms with Crippen molar-refractivity contribution in [2.24, 2.45) is 5.92 Å². The molecule has 0 fully saturated rings. The molecule has 0 aliphatic heterocycles. The molecule has 0 spiro atoms. The van der Waals surface area contributed by atoms with E-state index < -0.39 is 0 Å². The summed E-state index contributed by atoms with van der Waals surface area (Å²) in [5.41, 5.74) is 0. The summed E-state index contributed by atoms with van der Waals surface area (Å²) in [4.78, 5) is 22.3. The molecule has 0 saturated heterocycles. The molecule has 1 amide bonds. The van der Waals surface area contributed by atoms with Gasteiger partial charge in [0.15, 0.2) is 5.78 Å². The van der Waals surface area contributed by atoms with E-state index in [-0.39, 0.29) is 32.2 Å². The van der Waals surface area contributed by atoms with Crippen LogP contribution >= 0.6 is 0 Å². The molecule has 5 nitrogen and oxygen atoms in total. The minimum absolute atomic E-state index is 0. The molecule has 0 unspecified atom stereocenters. The Morgan fingerprint density at radius 1 is 1.25 bits per heavy atom. The quantitative estimate of drug-likeness (QED) is 0.593. The van der Waals surface area contributed by atoms with Crippen molar-refractivity contribution in [1.82, 2.24) is 5.32 Å². The summed E-state index contributed by atoms with van der Waals surface area (Å²) < 4.78 is 10.0. The van der Waals surface area contributed by atoms with E-state index in [0.717, 1.165) is 0 Å². The Hall–Kier alpha value is -0.940. The van der Waals surface area contributed by atoms with Gasteiger partial charge in [0.1, 0.15) is 13.2 Å². The minimum atomic E-state index is -0.226. The molecule has 96 valence electrons. The first-order valence-corrected chi connectivity index (χ1v) is 5.52. The number of Topliss-reactive ketones (excluding diaryl/α,β-unsaturated/α-hetero) is 1. The third kappa shape index (κ3) is 8.38. The zero-order valence-electron chi connectivity index (χ0n) is 10.2. The maximum absolute atomic E-state index is 11.2. The van der Waals surface area contributed by atoms with E-state index in [1.54, 1.807) is 13.8 Å². The third-order valence-corrected chi connectivity index (χ3v) is 1.89. The number of ether oxygens (including phenoxy) is 2.